The quantitative estimate of drug-likeness (QED) is 0.790. The number of piperidine rings is 1. The first kappa shape index (κ1) is 11.6. The summed E-state index contributed by atoms with van der Waals surface area (Å²) in [6.07, 6.45) is 4.40. The summed E-state index contributed by atoms with van der Waals surface area (Å²) in [6.45, 7) is 10.4. The Kier molecular flexibility index (Phi) is 3.06. The predicted molar refractivity (Wildman–Crippen MR) is 66.2 cm³/mol. The Morgan fingerprint density at radius 2 is 2.19 bits per heavy atom. The average Bonchev–Trinajstić information content (AvgIpc) is 2.68. The lowest BCUT2D eigenvalue weighted by atomic mass is 9.87. The van der Waals surface area contributed by atoms with Gasteiger partial charge in [-0.05, 0) is 52.1 Å². The molecule has 0 aromatic carbocycles. The first-order valence-electron chi connectivity index (χ1n) is 6.24. The standard InChI is InChI=1S/C13H23N3/c1-10-6-8-16(13(2,3)4)12(9-10)11-5-7-14-15-11/h5,7,10,12H,6,8-9H2,1-4H3,(H,14,15)/t10-,12+/m0/s1. The number of H-pyrrole nitrogens is 1. The maximum absolute atomic E-state index is 4.09. The van der Waals surface area contributed by atoms with Gasteiger partial charge in [0.05, 0.1) is 11.7 Å². The molecule has 2 rings (SSSR count). The van der Waals surface area contributed by atoms with Gasteiger partial charge in [0.25, 0.3) is 0 Å². The smallest absolute Gasteiger partial charge is 0.0524 e. The van der Waals surface area contributed by atoms with E-state index in [1.165, 1.54) is 25.1 Å². The van der Waals surface area contributed by atoms with Crippen LogP contribution in [0, 0.1) is 5.92 Å². The topological polar surface area (TPSA) is 31.9 Å². The van der Waals surface area contributed by atoms with Crippen LogP contribution in [-0.4, -0.2) is 27.2 Å². The van der Waals surface area contributed by atoms with Gasteiger partial charge < -0.3 is 0 Å². The van der Waals surface area contributed by atoms with E-state index < -0.39 is 0 Å². The second kappa shape index (κ2) is 4.21. The summed E-state index contributed by atoms with van der Waals surface area (Å²) in [6, 6.07) is 2.62. The summed E-state index contributed by atoms with van der Waals surface area (Å²) >= 11 is 0. The van der Waals surface area contributed by atoms with Gasteiger partial charge in [0.15, 0.2) is 0 Å². The summed E-state index contributed by atoms with van der Waals surface area (Å²) in [5.41, 5.74) is 1.50. The van der Waals surface area contributed by atoms with Crippen LogP contribution < -0.4 is 0 Å². The zero-order valence-corrected chi connectivity index (χ0v) is 10.8. The van der Waals surface area contributed by atoms with Crippen LogP contribution in [0.2, 0.25) is 0 Å². The number of rotatable bonds is 1. The second-order valence-corrected chi connectivity index (χ2v) is 6.02. The maximum atomic E-state index is 4.09. The van der Waals surface area contributed by atoms with E-state index in [0.717, 1.165) is 5.92 Å². The first-order chi connectivity index (χ1) is 7.48. The number of nitrogens with zero attached hydrogens (tertiary/aromatic N) is 2. The van der Waals surface area contributed by atoms with E-state index in [0.29, 0.717) is 6.04 Å². The summed E-state index contributed by atoms with van der Waals surface area (Å²) in [5, 5.41) is 7.23. The lowest BCUT2D eigenvalue weighted by molar-refractivity contribution is 0.0305. The number of likely N-dealkylation sites (tertiary alicyclic amines) is 1. The second-order valence-electron chi connectivity index (χ2n) is 6.02. The van der Waals surface area contributed by atoms with Gasteiger partial charge in [-0.2, -0.15) is 5.10 Å². The molecule has 1 aliphatic heterocycles. The maximum Gasteiger partial charge on any atom is 0.0524 e. The van der Waals surface area contributed by atoms with Crippen molar-refractivity contribution in [2.45, 2.75) is 52.1 Å². The van der Waals surface area contributed by atoms with Crippen molar-refractivity contribution in [3.63, 3.8) is 0 Å². The van der Waals surface area contributed by atoms with Crippen molar-refractivity contribution in [3.05, 3.63) is 18.0 Å². The highest BCUT2D eigenvalue weighted by atomic mass is 15.2. The fraction of sp³-hybridized carbons (Fsp3) is 0.769. The Hall–Kier alpha value is -0.830. The molecule has 0 saturated carbocycles. The van der Waals surface area contributed by atoms with Crippen molar-refractivity contribution in [3.8, 4) is 0 Å². The van der Waals surface area contributed by atoms with Crippen molar-refractivity contribution in [1.29, 1.82) is 0 Å². The van der Waals surface area contributed by atoms with E-state index in [-0.39, 0.29) is 5.54 Å². The molecule has 2 heterocycles. The molecule has 0 spiro atoms. The van der Waals surface area contributed by atoms with Crippen LogP contribution in [-0.2, 0) is 0 Å². The van der Waals surface area contributed by atoms with E-state index in [2.05, 4.69) is 48.9 Å². The highest BCUT2D eigenvalue weighted by molar-refractivity contribution is 5.08. The minimum Gasteiger partial charge on any atom is -0.290 e. The van der Waals surface area contributed by atoms with Crippen LogP contribution >= 0.6 is 0 Å². The van der Waals surface area contributed by atoms with Crippen LogP contribution in [0.25, 0.3) is 0 Å². The zero-order valence-electron chi connectivity index (χ0n) is 10.8. The predicted octanol–water partition coefficient (Wildman–Crippen LogP) is 2.98. The Morgan fingerprint density at radius 3 is 2.75 bits per heavy atom. The van der Waals surface area contributed by atoms with Crippen molar-refractivity contribution >= 4 is 0 Å². The molecule has 1 saturated heterocycles. The highest BCUT2D eigenvalue weighted by Crippen LogP contribution is 2.37. The molecular formula is C13H23N3. The molecular weight excluding hydrogens is 198 g/mol. The minimum atomic E-state index is 0.232. The fourth-order valence-corrected chi connectivity index (χ4v) is 2.69. The summed E-state index contributed by atoms with van der Waals surface area (Å²) in [7, 11) is 0. The van der Waals surface area contributed by atoms with Crippen LogP contribution in [0.4, 0.5) is 0 Å². The lowest BCUT2D eigenvalue weighted by Gasteiger charge is -2.46. The largest absolute Gasteiger partial charge is 0.290 e. The van der Waals surface area contributed by atoms with E-state index in [1.807, 2.05) is 6.20 Å². The average molecular weight is 221 g/mol. The van der Waals surface area contributed by atoms with Crippen LogP contribution in [0.3, 0.4) is 0 Å². The fourth-order valence-electron chi connectivity index (χ4n) is 2.69. The summed E-state index contributed by atoms with van der Waals surface area (Å²) in [5.74, 6) is 0.812. The third kappa shape index (κ3) is 2.29. The molecule has 1 aromatic rings. The van der Waals surface area contributed by atoms with Crippen molar-refractivity contribution in [2.75, 3.05) is 6.54 Å². The number of aromatic amines is 1. The summed E-state index contributed by atoms with van der Waals surface area (Å²) in [4.78, 5) is 2.60. The molecule has 2 atom stereocenters. The minimum absolute atomic E-state index is 0.232. The number of hydrogen-bond donors (Lipinski definition) is 1. The van der Waals surface area contributed by atoms with Gasteiger partial charge in [0.2, 0.25) is 0 Å². The van der Waals surface area contributed by atoms with Gasteiger partial charge in [-0.15, -0.1) is 0 Å². The molecule has 90 valence electrons. The first-order valence-corrected chi connectivity index (χ1v) is 6.24. The molecule has 0 radical (unpaired) electrons. The molecule has 1 aromatic heterocycles. The van der Waals surface area contributed by atoms with Gasteiger partial charge in [-0.25, -0.2) is 0 Å². The van der Waals surface area contributed by atoms with Crippen molar-refractivity contribution in [2.24, 2.45) is 5.92 Å². The molecule has 0 bridgehead atoms. The van der Waals surface area contributed by atoms with Crippen LogP contribution in [0.1, 0.15) is 52.3 Å². The molecule has 0 amide bonds. The molecule has 0 unspecified atom stereocenters. The van der Waals surface area contributed by atoms with Crippen LogP contribution in [0.5, 0.6) is 0 Å². The van der Waals surface area contributed by atoms with Crippen molar-refractivity contribution in [1.82, 2.24) is 15.1 Å². The molecule has 16 heavy (non-hydrogen) atoms. The van der Waals surface area contributed by atoms with Gasteiger partial charge >= 0.3 is 0 Å². The van der Waals surface area contributed by atoms with Crippen LogP contribution in [0.15, 0.2) is 12.3 Å². The van der Waals surface area contributed by atoms with E-state index in [4.69, 9.17) is 0 Å². The van der Waals surface area contributed by atoms with E-state index in [9.17, 15) is 0 Å². The Morgan fingerprint density at radius 1 is 1.44 bits per heavy atom. The Balaban J connectivity index is 2.23. The lowest BCUT2D eigenvalue weighted by Crippen LogP contribution is -2.47. The van der Waals surface area contributed by atoms with Gasteiger partial charge in [-0.3, -0.25) is 10.00 Å². The molecule has 1 N–H and O–H groups in total. The highest BCUT2D eigenvalue weighted by Gasteiger charge is 2.34. The molecule has 3 heteroatoms. The van der Waals surface area contributed by atoms with Gasteiger partial charge in [0, 0.05) is 11.7 Å². The Bertz CT molecular complexity index is 323. The van der Waals surface area contributed by atoms with E-state index >= 15 is 0 Å². The molecule has 1 aliphatic rings. The third-order valence-electron chi connectivity index (χ3n) is 3.61. The number of hydrogen-bond acceptors (Lipinski definition) is 2. The van der Waals surface area contributed by atoms with Gasteiger partial charge in [0.1, 0.15) is 0 Å². The van der Waals surface area contributed by atoms with E-state index in [1.54, 1.807) is 0 Å². The SMILES string of the molecule is C[C@H]1CCN(C(C)(C)C)[C@@H](c2ccn[nH]2)C1. The Labute approximate surface area is 98.2 Å². The number of aromatic nitrogens is 2. The summed E-state index contributed by atoms with van der Waals surface area (Å²) < 4.78 is 0. The molecule has 0 aliphatic carbocycles. The molecule has 1 fully saturated rings. The normalized spacial score (nSPS) is 28.2. The van der Waals surface area contributed by atoms with Gasteiger partial charge in [-0.1, -0.05) is 6.92 Å². The van der Waals surface area contributed by atoms with Crippen molar-refractivity contribution < 1.29 is 0 Å². The molecule has 3 nitrogen and oxygen atoms in total. The zero-order chi connectivity index (χ0) is 11.8. The monoisotopic (exact) mass is 221 g/mol. The number of nitrogens with one attached hydrogen (secondary N) is 1. The third-order valence-corrected chi connectivity index (χ3v) is 3.61.